The lowest BCUT2D eigenvalue weighted by atomic mass is 9.98. The summed E-state index contributed by atoms with van der Waals surface area (Å²) in [6, 6.07) is 10.2. The monoisotopic (exact) mass is 575 g/mol. The smallest absolute Gasteiger partial charge is 0.383 e. The SMILES string of the molecule is C=C(C)C(=O)Nc1ccc(-c2c(-c3ccc(N=S(=O)(NCC)C(F)(F)F)c(F)c3)c3c(N)ncnc3n2C)cc1. The number of rotatable bonds is 7. The molecule has 2 heterocycles. The van der Waals surface area contributed by atoms with Crippen LogP contribution in [0.2, 0.25) is 0 Å². The van der Waals surface area contributed by atoms with Crippen LogP contribution in [0.5, 0.6) is 0 Å². The molecule has 0 fully saturated rings. The Bertz CT molecular complexity index is 1760. The van der Waals surface area contributed by atoms with Gasteiger partial charge in [-0.15, -0.1) is 0 Å². The molecule has 0 aliphatic carbocycles. The first-order valence-corrected chi connectivity index (χ1v) is 13.3. The van der Waals surface area contributed by atoms with E-state index in [1.54, 1.807) is 42.8 Å². The van der Waals surface area contributed by atoms with Crippen molar-refractivity contribution in [2.75, 3.05) is 17.6 Å². The maximum absolute atomic E-state index is 15.2. The predicted molar refractivity (Wildman–Crippen MR) is 147 cm³/mol. The van der Waals surface area contributed by atoms with Crippen LogP contribution >= 0.6 is 0 Å². The van der Waals surface area contributed by atoms with E-state index in [-0.39, 0.29) is 23.8 Å². The van der Waals surface area contributed by atoms with Crippen molar-refractivity contribution >= 4 is 44.0 Å². The van der Waals surface area contributed by atoms with Gasteiger partial charge < -0.3 is 15.6 Å². The number of nitrogens with one attached hydrogen (secondary N) is 2. The Morgan fingerprint density at radius 1 is 1.15 bits per heavy atom. The van der Waals surface area contributed by atoms with Crippen molar-refractivity contribution in [1.82, 2.24) is 19.3 Å². The number of nitrogens with zero attached hydrogens (tertiary/aromatic N) is 4. The molecule has 0 aliphatic rings. The minimum atomic E-state index is -5.22. The molecule has 0 bridgehead atoms. The van der Waals surface area contributed by atoms with Crippen LogP contribution in [0.3, 0.4) is 0 Å². The topological polar surface area (TPSA) is 127 Å². The molecule has 14 heteroatoms. The van der Waals surface area contributed by atoms with Gasteiger partial charge in [-0.2, -0.15) is 17.5 Å². The number of amides is 1. The van der Waals surface area contributed by atoms with Gasteiger partial charge in [0.2, 0.25) is 9.92 Å². The number of nitrogen functional groups attached to an aromatic ring is 1. The van der Waals surface area contributed by atoms with Crippen molar-refractivity contribution in [2.45, 2.75) is 19.4 Å². The van der Waals surface area contributed by atoms with E-state index >= 15 is 4.39 Å². The predicted octanol–water partition coefficient (Wildman–Crippen LogP) is 5.68. The van der Waals surface area contributed by atoms with Crippen molar-refractivity contribution in [3.8, 4) is 22.4 Å². The zero-order valence-electron chi connectivity index (χ0n) is 21.6. The van der Waals surface area contributed by atoms with Crippen molar-refractivity contribution in [1.29, 1.82) is 0 Å². The highest BCUT2D eigenvalue weighted by Crippen LogP contribution is 2.43. The number of aromatic nitrogens is 3. The summed E-state index contributed by atoms with van der Waals surface area (Å²) in [4.78, 5) is 20.3. The summed E-state index contributed by atoms with van der Waals surface area (Å²) >= 11 is 0. The molecular weight excluding hydrogens is 550 g/mol. The number of fused-ring (bicyclic) bond motifs is 1. The summed E-state index contributed by atoms with van der Waals surface area (Å²) in [5, 5.41) is 3.11. The number of alkyl halides is 3. The summed E-state index contributed by atoms with van der Waals surface area (Å²) in [6.45, 7) is 6.22. The summed E-state index contributed by atoms with van der Waals surface area (Å²) in [7, 11) is -3.24. The van der Waals surface area contributed by atoms with Crippen LogP contribution in [0, 0.1) is 5.82 Å². The number of benzene rings is 2. The maximum Gasteiger partial charge on any atom is 0.493 e. The molecule has 1 unspecified atom stereocenters. The standard InChI is InChI=1S/C26H25F4N7O2S/c1-5-34-40(39,26(28,29)30)36-19-11-8-16(12-18(19)27)20-21-23(31)32-13-33-24(21)37(4)22(20)15-6-9-17(10-7-15)35-25(38)14(2)3/h6-13H,2,5H2,1,3-4H3,(H,35,38)(H2,31,32,33)(H,34,36,39). The van der Waals surface area contributed by atoms with Gasteiger partial charge in [-0.1, -0.05) is 31.7 Å². The number of carbonyl (C=O) groups is 1. The number of hydrogen-bond acceptors (Lipinski definition) is 6. The first kappa shape index (κ1) is 28.7. The van der Waals surface area contributed by atoms with E-state index < -0.39 is 26.9 Å². The molecule has 4 aromatic rings. The molecule has 0 aliphatic heterocycles. The molecule has 1 atom stereocenters. The van der Waals surface area contributed by atoms with E-state index in [2.05, 4.69) is 26.2 Å². The van der Waals surface area contributed by atoms with Gasteiger partial charge in [0, 0.05) is 30.4 Å². The molecule has 1 amide bonds. The Balaban J connectivity index is 1.90. The first-order valence-electron chi connectivity index (χ1n) is 11.8. The quantitative estimate of drug-likeness (QED) is 0.193. The van der Waals surface area contributed by atoms with E-state index in [1.165, 1.54) is 19.3 Å². The third-order valence-electron chi connectivity index (χ3n) is 5.92. The largest absolute Gasteiger partial charge is 0.493 e. The lowest BCUT2D eigenvalue weighted by molar-refractivity contribution is -0.112. The van der Waals surface area contributed by atoms with Crippen LogP contribution in [0.4, 0.5) is 34.8 Å². The molecule has 0 spiro atoms. The van der Waals surface area contributed by atoms with E-state index in [1.807, 2.05) is 4.72 Å². The fourth-order valence-corrected chi connectivity index (χ4v) is 5.23. The van der Waals surface area contributed by atoms with Crippen molar-refractivity contribution in [3.05, 3.63) is 66.8 Å². The molecule has 40 heavy (non-hydrogen) atoms. The van der Waals surface area contributed by atoms with Crippen molar-refractivity contribution in [2.24, 2.45) is 11.4 Å². The van der Waals surface area contributed by atoms with E-state index in [0.717, 1.165) is 12.1 Å². The van der Waals surface area contributed by atoms with Gasteiger partial charge in [0.05, 0.1) is 11.1 Å². The Labute approximate surface area is 227 Å². The maximum atomic E-state index is 15.2. The van der Waals surface area contributed by atoms with Crippen LogP contribution < -0.4 is 15.8 Å². The number of nitrogens with two attached hydrogens (primary N) is 1. The van der Waals surface area contributed by atoms with Gasteiger partial charge in [-0.25, -0.2) is 23.3 Å². The van der Waals surface area contributed by atoms with Gasteiger partial charge >= 0.3 is 5.51 Å². The van der Waals surface area contributed by atoms with Crippen LogP contribution in [-0.4, -0.2) is 36.7 Å². The first-order chi connectivity index (χ1) is 18.8. The molecule has 4 rings (SSSR count). The molecule has 0 radical (unpaired) electrons. The Kier molecular flexibility index (Phi) is 7.67. The lowest BCUT2D eigenvalue weighted by Gasteiger charge is -2.14. The summed E-state index contributed by atoms with van der Waals surface area (Å²) in [5.74, 6) is -1.36. The molecule has 4 N–H and O–H groups in total. The number of halogens is 4. The number of aryl methyl sites for hydroxylation is 1. The van der Waals surface area contributed by atoms with Gasteiger partial charge in [0.1, 0.15) is 29.3 Å². The normalized spacial score (nSPS) is 13.2. The summed E-state index contributed by atoms with van der Waals surface area (Å²) in [6.07, 6.45) is 1.28. The fraction of sp³-hybridized carbons (Fsp3) is 0.192. The minimum Gasteiger partial charge on any atom is -0.383 e. The number of anilines is 2. The molecule has 0 saturated carbocycles. The third kappa shape index (κ3) is 5.27. The lowest BCUT2D eigenvalue weighted by Crippen LogP contribution is -2.35. The third-order valence-corrected chi connectivity index (χ3v) is 7.68. The van der Waals surface area contributed by atoms with Crippen LogP contribution in [0.25, 0.3) is 33.4 Å². The van der Waals surface area contributed by atoms with Crippen LogP contribution in [-0.2, 0) is 21.8 Å². The average molecular weight is 576 g/mol. The zero-order valence-corrected chi connectivity index (χ0v) is 22.5. The minimum absolute atomic E-state index is 0.105. The molecular formula is C26H25F4N7O2S. The van der Waals surface area contributed by atoms with Gasteiger partial charge in [-0.3, -0.25) is 4.79 Å². The summed E-state index contributed by atoms with van der Waals surface area (Å²) in [5.41, 5.74) is 3.39. The van der Waals surface area contributed by atoms with Gasteiger partial charge in [0.15, 0.2) is 0 Å². The number of hydrogen-bond donors (Lipinski definition) is 3. The second-order valence-corrected chi connectivity index (χ2v) is 10.8. The highest BCUT2D eigenvalue weighted by Gasteiger charge is 2.43. The second kappa shape index (κ2) is 10.7. The fourth-order valence-electron chi connectivity index (χ4n) is 4.08. The van der Waals surface area contributed by atoms with Crippen molar-refractivity contribution < 1.29 is 26.6 Å². The van der Waals surface area contributed by atoms with E-state index in [4.69, 9.17) is 5.73 Å². The van der Waals surface area contributed by atoms with E-state index in [9.17, 15) is 22.2 Å². The van der Waals surface area contributed by atoms with E-state index in [0.29, 0.717) is 39.1 Å². The van der Waals surface area contributed by atoms with Crippen LogP contribution in [0.1, 0.15) is 13.8 Å². The summed E-state index contributed by atoms with van der Waals surface area (Å²) < 4.78 is 74.8. The highest BCUT2D eigenvalue weighted by atomic mass is 32.2. The Morgan fingerprint density at radius 3 is 2.38 bits per heavy atom. The van der Waals surface area contributed by atoms with Gasteiger partial charge in [0.25, 0.3) is 5.91 Å². The molecule has 2 aromatic carbocycles. The van der Waals surface area contributed by atoms with Crippen LogP contribution in [0.15, 0.2) is 65.3 Å². The highest BCUT2D eigenvalue weighted by molar-refractivity contribution is 7.92. The Hall–Kier alpha value is -4.30. The number of carbonyl (C=O) groups excluding carboxylic acids is 1. The molecule has 9 nitrogen and oxygen atoms in total. The van der Waals surface area contributed by atoms with Gasteiger partial charge in [-0.05, 0) is 42.3 Å². The zero-order chi connectivity index (χ0) is 29.4. The Morgan fingerprint density at radius 2 is 1.80 bits per heavy atom. The second-order valence-electron chi connectivity index (χ2n) is 8.78. The van der Waals surface area contributed by atoms with Crippen molar-refractivity contribution in [3.63, 3.8) is 0 Å². The molecule has 2 aromatic heterocycles. The molecule has 210 valence electrons. The molecule has 0 saturated heterocycles. The average Bonchev–Trinajstić information content (AvgIpc) is 3.18.